The molecule has 4 aliphatic rings. The highest BCUT2D eigenvalue weighted by Crippen LogP contribution is 2.64. The fourth-order valence-corrected chi connectivity index (χ4v) is 7.30. The molecule has 5 aromatic rings. The van der Waals surface area contributed by atoms with E-state index in [4.69, 9.17) is 0 Å². The fraction of sp³-hybridized carbons (Fsp3) is 0.125. The number of rotatable bonds is 5. The van der Waals surface area contributed by atoms with Gasteiger partial charge in [0.25, 0.3) is 5.69 Å². The molecule has 1 aromatic heterocycles. The number of imide groups is 1. The summed E-state index contributed by atoms with van der Waals surface area (Å²) in [5.74, 6) is -2.51. The summed E-state index contributed by atoms with van der Waals surface area (Å²) < 4.78 is 0. The van der Waals surface area contributed by atoms with Crippen LogP contribution in [0.15, 0.2) is 102 Å². The zero-order valence-corrected chi connectivity index (χ0v) is 22.0. The summed E-state index contributed by atoms with van der Waals surface area (Å²) in [7, 11) is 0. The average Bonchev–Trinajstić information content (AvgIpc) is 3.55. The van der Waals surface area contributed by atoms with E-state index >= 15 is 0 Å². The van der Waals surface area contributed by atoms with Crippen molar-refractivity contribution >= 4 is 46.4 Å². The Morgan fingerprint density at radius 3 is 2.24 bits per heavy atom. The Balaban J connectivity index is 1.33. The van der Waals surface area contributed by atoms with Gasteiger partial charge >= 0.3 is 0 Å². The molecule has 9 rings (SSSR count). The first-order valence-corrected chi connectivity index (χ1v) is 13.6. The van der Waals surface area contributed by atoms with Crippen LogP contribution in [0, 0.1) is 22.0 Å². The first-order valence-electron chi connectivity index (χ1n) is 13.6. The molecule has 10 heteroatoms. The number of hydrogen-bond donors (Lipinski definition) is 2. The lowest BCUT2D eigenvalue weighted by Gasteiger charge is -2.52. The van der Waals surface area contributed by atoms with E-state index in [-0.39, 0.29) is 17.3 Å². The molecule has 204 valence electrons. The number of nitrogens with one attached hydrogen (secondary N) is 2. The van der Waals surface area contributed by atoms with Gasteiger partial charge in [0.05, 0.1) is 33.2 Å². The molecule has 2 atom stereocenters. The molecule has 0 radical (unpaired) electrons. The van der Waals surface area contributed by atoms with Crippen LogP contribution in [0.2, 0.25) is 0 Å². The van der Waals surface area contributed by atoms with Crippen molar-refractivity contribution in [3.63, 3.8) is 0 Å². The van der Waals surface area contributed by atoms with E-state index in [1.807, 2.05) is 72.8 Å². The van der Waals surface area contributed by atoms with Gasteiger partial charge in [-0.1, -0.05) is 72.8 Å². The number of carbonyl (C=O) groups excluding carboxylic acids is 2. The molecule has 4 aromatic carbocycles. The molecule has 42 heavy (non-hydrogen) atoms. The SMILES string of the molecule is O=C1[C@H]2C3c4ccccc4C(/C=N\Nc4nc5ccccc5[nH]4)(c4ccccc43)[C@H]2C(=O)N1c1ccccc1[N+](=O)[O-]. The van der Waals surface area contributed by atoms with Gasteiger partial charge in [-0.25, -0.2) is 15.3 Å². The van der Waals surface area contributed by atoms with Crippen LogP contribution in [0.5, 0.6) is 0 Å². The number of anilines is 2. The summed E-state index contributed by atoms with van der Waals surface area (Å²) in [6.45, 7) is 0. The Bertz CT molecular complexity index is 1920. The molecule has 2 N–H and O–H groups in total. The number of H-pyrrole nitrogens is 1. The van der Waals surface area contributed by atoms with Gasteiger partial charge in [-0.05, 0) is 40.5 Å². The van der Waals surface area contributed by atoms with Gasteiger partial charge in [0.2, 0.25) is 17.8 Å². The number of nitrogens with zero attached hydrogens (tertiary/aromatic N) is 4. The summed E-state index contributed by atoms with van der Waals surface area (Å²) in [5.41, 5.74) is 6.84. The van der Waals surface area contributed by atoms with E-state index in [9.17, 15) is 19.7 Å². The molecule has 2 amide bonds. The van der Waals surface area contributed by atoms with E-state index < -0.39 is 34.0 Å². The van der Waals surface area contributed by atoms with Crippen molar-refractivity contribution < 1.29 is 14.5 Å². The highest BCUT2D eigenvalue weighted by atomic mass is 16.6. The zero-order valence-electron chi connectivity index (χ0n) is 22.0. The summed E-state index contributed by atoms with van der Waals surface area (Å²) in [6.07, 6.45) is 1.71. The van der Waals surface area contributed by atoms with E-state index in [1.54, 1.807) is 12.3 Å². The highest BCUT2D eigenvalue weighted by molar-refractivity contribution is 6.25. The topological polar surface area (TPSA) is 134 Å². The molecule has 3 aliphatic carbocycles. The fourth-order valence-electron chi connectivity index (χ4n) is 7.30. The molecular formula is C32H22N6O4. The van der Waals surface area contributed by atoms with Crippen LogP contribution in [0.1, 0.15) is 28.2 Å². The number of imidazole rings is 1. The Morgan fingerprint density at radius 2 is 1.52 bits per heavy atom. The molecule has 1 aliphatic heterocycles. The van der Waals surface area contributed by atoms with Crippen molar-refractivity contribution in [1.82, 2.24) is 9.97 Å². The third kappa shape index (κ3) is 3.08. The summed E-state index contributed by atoms with van der Waals surface area (Å²) >= 11 is 0. The Morgan fingerprint density at radius 1 is 0.881 bits per heavy atom. The number of hydrogen-bond acceptors (Lipinski definition) is 7. The smallest absolute Gasteiger partial charge is 0.293 e. The van der Waals surface area contributed by atoms with Crippen molar-refractivity contribution in [2.75, 3.05) is 10.3 Å². The van der Waals surface area contributed by atoms with Crippen LogP contribution in [-0.2, 0) is 15.0 Å². The van der Waals surface area contributed by atoms with Gasteiger partial charge in [-0.3, -0.25) is 19.7 Å². The molecule has 10 nitrogen and oxygen atoms in total. The van der Waals surface area contributed by atoms with Crippen LogP contribution in [-0.4, -0.2) is 32.9 Å². The Kier molecular flexibility index (Phi) is 5.00. The summed E-state index contributed by atoms with van der Waals surface area (Å²) in [4.78, 5) is 48.9. The standard InChI is InChI=1S/C32H22N6O4/c39-29-27-26-18-9-1-3-11-20(18)32(21-12-4-2-10-19(21)26,17-33-36-31-34-22-13-5-6-14-23(22)35-31)28(27)30(40)37(29)24-15-7-8-16-25(24)38(41)42/h1-17,26-28H,(H2,34,35,36)/b33-17-/t26?,27-,28+,32?/m0/s1. The number of hydrazone groups is 1. The lowest BCUT2D eigenvalue weighted by atomic mass is 9.47. The largest absolute Gasteiger partial charge is 0.323 e. The van der Waals surface area contributed by atoms with Gasteiger partial charge in [-0.15, -0.1) is 0 Å². The first kappa shape index (κ1) is 24.2. The average molecular weight is 555 g/mol. The Labute approximate surface area is 238 Å². The van der Waals surface area contributed by atoms with Gasteiger partial charge in [0.15, 0.2) is 0 Å². The number of nitro benzene ring substituents is 1. The van der Waals surface area contributed by atoms with Crippen molar-refractivity contribution in [2.24, 2.45) is 16.9 Å². The molecule has 1 fully saturated rings. The maximum absolute atomic E-state index is 14.5. The van der Waals surface area contributed by atoms with Crippen molar-refractivity contribution in [3.05, 3.63) is 129 Å². The van der Waals surface area contributed by atoms with Crippen molar-refractivity contribution in [2.45, 2.75) is 11.3 Å². The summed E-state index contributed by atoms with van der Waals surface area (Å²) in [6, 6.07) is 29.1. The highest BCUT2D eigenvalue weighted by Gasteiger charge is 2.68. The number of fused-ring (bicyclic) bond motifs is 1. The van der Waals surface area contributed by atoms with E-state index in [0.29, 0.717) is 5.95 Å². The molecule has 0 spiro atoms. The van der Waals surface area contributed by atoms with E-state index in [2.05, 4.69) is 20.5 Å². The number of amides is 2. The molecule has 0 unspecified atom stereocenters. The number of nitro groups is 1. The second kappa shape index (κ2) is 8.68. The van der Waals surface area contributed by atoms with Gasteiger partial charge in [-0.2, -0.15) is 5.10 Å². The van der Waals surface area contributed by atoms with Gasteiger partial charge in [0.1, 0.15) is 5.69 Å². The minimum atomic E-state index is -1.11. The second-order valence-electron chi connectivity index (χ2n) is 10.8. The maximum atomic E-state index is 14.5. The van der Waals surface area contributed by atoms with Crippen molar-refractivity contribution in [3.8, 4) is 0 Å². The van der Waals surface area contributed by atoms with Crippen LogP contribution in [0.3, 0.4) is 0 Å². The van der Waals surface area contributed by atoms with Gasteiger partial charge < -0.3 is 4.98 Å². The van der Waals surface area contributed by atoms with Crippen LogP contribution in [0.4, 0.5) is 17.3 Å². The minimum absolute atomic E-state index is 0.0214. The molecule has 1 saturated heterocycles. The second-order valence-corrected chi connectivity index (χ2v) is 10.8. The van der Waals surface area contributed by atoms with E-state index in [0.717, 1.165) is 38.2 Å². The third-order valence-electron chi connectivity index (χ3n) is 8.83. The van der Waals surface area contributed by atoms with Crippen LogP contribution in [0.25, 0.3) is 11.0 Å². The first-order chi connectivity index (χ1) is 20.5. The van der Waals surface area contributed by atoms with Crippen LogP contribution >= 0.6 is 0 Å². The number of benzene rings is 4. The minimum Gasteiger partial charge on any atom is -0.323 e. The third-order valence-corrected chi connectivity index (χ3v) is 8.83. The number of aromatic nitrogens is 2. The molecule has 2 bridgehead atoms. The van der Waals surface area contributed by atoms with E-state index in [1.165, 1.54) is 18.2 Å². The maximum Gasteiger partial charge on any atom is 0.293 e. The monoisotopic (exact) mass is 554 g/mol. The Hall–Kier alpha value is -5.64. The number of aromatic amines is 1. The molecule has 2 heterocycles. The molecular weight excluding hydrogens is 532 g/mol. The number of carbonyl (C=O) groups is 2. The van der Waals surface area contributed by atoms with Crippen molar-refractivity contribution in [1.29, 1.82) is 0 Å². The van der Waals surface area contributed by atoms with Crippen LogP contribution < -0.4 is 10.3 Å². The molecule has 0 saturated carbocycles. The predicted octanol–water partition coefficient (Wildman–Crippen LogP) is 5.12. The van der Waals surface area contributed by atoms with Gasteiger partial charge in [0, 0.05) is 18.2 Å². The lowest BCUT2D eigenvalue weighted by Crippen LogP contribution is -2.54. The number of para-hydroxylation sites is 4. The summed E-state index contributed by atoms with van der Waals surface area (Å²) in [5, 5.41) is 16.6. The lowest BCUT2D eigenvalue weighted by molar-refractivity contribution is -0.384. The predicted molar refractivity (Wildman–Crippen MR) is 156 cm³/mol. The quantitative estimate of drug-likeness (QED) is 0.134. The zero-order chi connectivity index (χ0) is 28.6. The normalized spacial score (nSPS) is 23.7.